The van der Waals surface area contributed by atoms with Crippen molar-refractivity contribution in [1.29, 1.82) is 0 Å². The summed E-state index contributed by atoms with van der Waals surface area (Å²) in [4.78, 5) is 29.4. The lowest BCUT2D eigenvalue weighted by atomic mass is 10.3. The number of nitrogens with one attached hydrogen (secondary N) is 2. The average molecular weight is 338 g/mol. The van der Waals surface area contributed by atoms with Crippen LogP contribution < -0.4 is 10.6 Å². The molecular formula is C16H26N4O2S. The molecule has 3 amide bonds. The van der Waals surface area contributed by atoms with Gasteiger partial charge in [-0.15, -0.1) is 11.3 Å². The monoisotopic (exact) mass is 338 g/mol. The molecule has 1 aliphatic rings. The van der Waals surface area contributed by atoms with Crippen LogP contribution in [0.5, 0.6) is 0 Å². The summed E-state index contributed by atoms with van der Waals surface area (Å²) in [5.41, 5.74) is 0. The van der Waals surface area contributed by atoms with E-state index in [-0.39, 0.29) is 18.5 Å². The summed E-state index contributed by atoms with van der Waals surface area (Å²) in [6.07, 6.45) is 0.841. The Morgan fingerprint density at radius 3 is 2.57 bits per heavy atom. The number of carbonyl (C=O) groups excluding carboxylic acids is 2. The van der Waals surface area contributed by atoms with Crippen molar-refractivity contribution in [3.05, 3.63) is 22.4 Å². The Bertz CT molecular complexity index is 498. The van der Waals surface area contributed by atoms with Crippen molar-refractivity contribution in [2.45, 2.75) is 32.9 Å². The molecule has 1 fully saturated rings. The molecule has 0 aliphatic carbocycles. The first kappa shape index (κ1) is 17.9. The van der Waals surface area contributed by atoms with E-state index in [1.807, 2.05) is 13.8 Å². The number of piperazine rings is 1. The van der Waals surface area contributed by atoms with Crippen LogP contribution in [-0.2, 0) is 11.3 Å². The Hall–Kier alpha value is -1.44. The van der Waals surface area contributed by atoms with Crippen LogP contribution in [0.2, 0.25) is 0 Å². The lowest BCUT2D eigenvalue weighted by molar-refractivity contribution is -0.121. The Balaban J connectivity index is 1.65. The van der Waals surface area contributed by atoms with E-state index in [9.17, 15) is 9.59 Å². The molecular weight excluding hydrogens is 312 g/mol. The fraction of sp³-hybridized carbons (Fsp3) is 0.625. The molecule has 2 N–H and O–H groups in total. The number of hydrogen-bond donors (Lipinski definition) is 2. The topological polar surface area (TPSA) is 64.7 Å². The van der Waals surface area contributed by atoms with E-state index >= 15 is 0 Å². The van der Waals surface area contributed by atoms with E-state index in [4.69, 9.17) is 0 Å². The summed E-state index contributed by atoms with van der Waals surface area (Å²) in [6.45, 7) is 8.77. The normalized spacial score (nSPS) is 17.7. The van der Waals surface area contributed by atoms with E-state index in [0.29, 0.717) is 0 Å². The second-order valence-electron chi connectivity index (χ2n) is 5.96. The zero-order chi connectivity index (χ0) is 16.7. The smallest absolute Gasteiger partial charge is 0.321 e. The van der Waals surface area contributed by atoms with Gasteiger partial charge in [0.2, 0.25) is 5.91 Å². The van der Waals surface area contributed by atoms with Crippen molar-refractivity contribution in [3.8, 4) is 0 Å². The van der Waals surface area contributed by atoms with Crippen LogP contribution in [0.25, 0.3) is 0 Å². The third-order valence-corrected chi connectivity index (χ3v) is 4.90. The maximum absolute atomic E-state index is 11.9. The zero-order valence-electron chi connectivity index (χ0n) is 13.9. The Morgan fingerprint density at radius 2 is 1.96 bits per heavy atom. The second-order valence-corrected chi connectivity index (χ2v) is 6.99. The SMILES string of the molecule is CC[C@H](C)NC(=O)NC(=O)CN1CCN(Cc2cccs2)CC1. The lowest BCUT2D eigenvalue weighted by Gasteiger charge is -2.33. The predicted molar refractivity (Wildman–Crippen MR) is 92.5 cm³/mol. The Kier molecular flexibility index (Phi) is 7.01. The molecule has 0 unspecified atom stereocenters. The van der Waals surface area contributed by atoms with Crippen molar-refractivity contribution in [2.24, 2.45) is 0 Å². The first-order chi connectivity index (χ1) is 11.1. The van der Waals surface area contributed by atoms with E-state index in [2.05, 4.69) is 37.9 Å². The Labute approximate surface area is 141 Å². The van der Waals surface area contributed by atoms with E-state index in [1.165, 1.54) is 4.88 Å². The molecule has 6 nitrogen and oxygen atoms in total. The first-order valence-corrected chi connectivity index (χ1v) is 9.02. The number of amides is 3. The number of hydrogen-bond acceptors (Lipinski definition) is 5. The van der Waals surface area contributed by atoms with Gasteiger partial charge in [-0.2, -0.15) is 0 Å². The third kappa shape index (κ3) is 6.29. The molecule has 1 aromatic heterocycles. The van der Waals surface area contributed by atoms with Crippen LogP contribution in [-0.4, -0.2) is 60.5 Å². The summed E-state index contributed by atoms with van der Waals surface area (Å²) in [5, 5.41) is 7.23. The highest BCUT2D eigenvalue weighted by Crippen LogP contribution is 2.13. The van der Waals surface area contributed by atoms with Gasteiger partial charge in [0.25, 0.3) is 0 Å². The van der Waals surface area contributed by atoms with Crippen LogP contribution in [0, 0.1) is 0 Å². The maximum atomic E-state index is 11.9. The number of imide groups is 1. The summed E-state index contributed by atoms with van der Waals surface area (Å²) in [7, 11) is 0. The summed E-state index contributed by atoms with van der Waals surface area (Å²) >= 11 is 1.78. The van der Waals surface area contributed by atoms with Crippen molar-refractivity contribution >= 4 is 23.3 Å². The Morgan fingerprint density at radius 1 is 1.26 bits per heavy atom. The van der Waals surface area contributed by atoms with Crippen LogP contribution in [0.3, 0.4) is 0 Å². The molecule has 0 saturated carbocycles. The molecule has 0 spiro atoms. The van der Waals surface area contributed by atoms with Crippen molar-refractivity contribution in [1.82, 2.24) is 20.4 Å². The van der Waals surface area contributed by atoms with Crippen LogP contribution >= 0.6 is 11.3 Å². The second kappa shape index (κ2) is 9.00. The van der Waals surface area contributed by atoms with E-state index in [0.717, 1.165) is 39.1 Å². The van der Waals surface area contributed by atoms with Crippen LogP contribution in [0.4, 0.5) is 4.79 Å². The number of nitrogens with zero attached hydrogens (tertiary/aromatic N) is 2. The molecule has 2 heterocycles. The highest BCUT2D eigenvalue weighted by atomic mass is 32.1. The van der Waals surface area contributed by atoms with Gasteiger partial charge in [0.05, 0.1) is 6.54 Å². The van der Waals surface area contributed by atoms with Gasteiger partial charge in [-0.3, -0.25) is 19.9 Å². The van der Waals surface area contributed by atoms with Gasteiger partial charge in [0.1, 0.15) is 0 Å². The summed E-state index contributed by atoms with van der Waals surface area (Å²) in [6, 6.07) is 3.90. The third-order valence-electron chi connectivity index (χ3n) is 4.03. The molecule has 0 aromatic carbocycles. The molecule has 0 radical (unpaired) electrons. The zero-order valence-corrected chi connectivity index (χ0v) is 14.7. The molecule has 1 atom stereocenters. The van der Waals surface area contributed by atoms with Crippen molar-refractivity contribution < 1.29 is 9.59 Å². The van der Waals surface area contributed by atoms with Crippen LogP contribution in [0.15, 0.2) is 17.5 Å². The van der Waals surface area contributed by atoms with Gasteiger partial charge < -0.3 is 5.32 Å². The van der Waals surface area contributed by atoms with Crippen molar-refractivity contribution in [2.75, 3.05) is 32.7 Å². The molecule has 1 aromatic rings. The molecule has 0 bridgehead atoms. The summed E-state index contributed by atoms with van der Waals surface area (Å²) < 4.78 is 0. The largest absolute Gasteiger partial charge is 0.335 e. The van der Waals surface area contributed by atoms with Crippen molar-refractivity contribution in [3.63, 3.8) is 0 Å². The first-order valence-electron chi connectivity index (χ1n) is 8.14. The van der Waals surface area contributed by atoms with Gasteiger partial charge in [-0.05, 0) is 24.8 Å². The minimum Gasteiger partial charge on any atom is -0.335 e. The molecule has 2 rings (SSSR count). The van der Waals surface area contributed by atoms with E-state index < -0.39 is 6.03 Å². The quantitative estimate of drug-likeness (QED) is 0.825. The van der Waals surface area contributed by atoms with Gasteiger partial charge in [0, 0.05) is 43.6 Å². The van der Waals surface area contributed by atoms with E-state index in [1.54, 1.807) is 11.3 Å². The van der Waals surface area contributed by atoms with Gasteiger partial charge >= 0.3 is 6.03 Å². The molecule has 1 aliphatic heterocycles. The fourth-order valence-electron chi connectivity index (χ4n) is 2.46. The number of urea groups is 1. The molecule has 1 saturated heterocycles. The minimum absolute atomic E-state index is 0.0728. The summed E-state index contributed by atoms with van der Waals surface area (Å²) in [5.74, 6) is -0.238. The number of thiophene rings is 1. The standard InChI is InChI=1S/C16H26N4O2S/c1-3-13(2)17-16(22)18-15(21)12-20-8-6-19(7-9-20)11-14-5-4-10-23-14/h4-5,10,13H,3,6-9,11-12H2,1-2H3,(H2,17,18,21,22)/t13-/m0/s1. The van der Waals surface area contributed by atoms with Crippen LogP contribution in [0.1, 0.15) is 25.1 Å². The maximum Gasteiger partial charge on any atom is 0.321 e. The highest BCUT2D eigenvalue weighted by molar-refractivity contribution is 7.09. The molecule has 23 heavy (non-hydrogen) atoms. The molecule has 128 valence electrons. The fourth-order valence-corrected chi connectivity index (χ4v) is 3.21. The predicted octanol–water partition coefficient (Wildman–Crippen LogP) is 1.49. The highest BCUT2D eigenvalue weighted by Gasteiger charge is 2.20. The minimum atomic E-state index is -0.402. The van der Waals surface area contributed by atoms with Gasteiger partial charge in [-0.25, -0.2) is 4.79 Å². The number of rotatable bonds is 6. The van der Waals surface area contributed by atoms with Gasteiger partial charge in [0.15, 0.2) is 0 Å². The average Bonchev–Trinajstić information content (AvgIpc) is 3.01. The lowest BCUT2D eigenvalue weighted by Crippen LogP contribution is -2.51. The van der Waals surface area contributed by atoms with Gasteiger partial charge in [-0.1, -0.05) is 13.0 Å². The number of carbonyl (C=O) groups is 2. The molecule has 7 heteroatoms.